The second kappa shape index (κ2) is 5.78. The van der Waals surface area contributed by atoms with Crippen LogP contribution < -0.4 is 5.32 Å². The summed E-state index contributed by atoms with van der Waals surface area (Å²) in [6.45, 7) is 2.59. The van der Waals surface area contributed by atoms with Gasteiger partial charge in [0.2, 0.25) is 0 Å². The van der Waals surface area contributed by atoms with Crippen molar-refractivity contribution in [2.45, 2.75) is 38.0 Å². The van der Waals surface area contributed by atoms with Crippen LogP contribution in [0.1, 0.15) is 41.6 Å². The predicted molar refractivity (Wildman–Crippen MR) is 68.6 cm³/mol. The van der Waals surface area contributed by atoms with Crippen LogP contribution in [0.3, 0.4) is 0 Å². The Morgan fingerprint density at radius 2 is 2.41 bits per heavy atom. The molecule has 1 heterocycles. The van der Waals surface area contributed by atoms with E-state index in [2.05, 4.69) is 21.8 Å². The molecular weight excluding hydrogens is 258 g/mol. The van der Waals surface area contributed by atoms with E-state index in [1.165, 1.54) is 12.8 Å². The van der Waals surface area contributed by atoms with Gasteiger partial charge < -0.3 is 5.32 Å². The van der Waals surface area contributed by atoms with Gasteiger partial charge in [-0.15, -0.1) is 16.7 Å². The molecule has 4 nitrogen and oxygen atoms in total. The third-order valence-electron chi connectivity index (χ3n) is 2.84. The van der Waals surface area contributed by atoms with Crippen LogP contribution in [-0.2, 0) is 6.42 Å². The molecule has 0 aliphatic heterocycles. The minimum Gasteiger partial charge on any atom is -0.350 e. The van der Waals surface area contributed by atoms with E-state index in [-0.39, 0.29) is 11.3 Å². The molecular formula is C11H16ClN3OS. The van der Waals surface area contributed by atoms with E-state index < -0.39 is 0 Å². The fourth-order valence-corrected chi connectivity index (χ4v) is 2.63. The zero-order valence-electron chi connectivity index (χ0n) is 9.78. The quantitative estimate of drug-likeness (QED) is 0.809. The molecule has 1 aliphatic rings. The standard InChI is InChI=1S/C11H16ClN3OS/c1-2-3-9-10(17-15-14-9)11(16)13-6-8(12)7-4-5-7/h7-8H,2-6H2,1H3,(H,13,16). The SMILES string of the molecule is CCCc1nnsc1C(=O)NCC(Cl)C1CC1. The van der Waals surface area contributed by atoms with Crippen molar-refractivity contribution in [2.24, 2.45) is 5.92 Å². The van der Waals surface area contributed by atoms with Crippen molar-refractivity contribution in [3.63, 3.8) is 0 Å². The maximum Gasteiger partial charge on any atom is 0.265 e. The van der Waals surface area contributed by atoms with Gasteiger partial charge in [0.1, 0.15) is 4.88 Å². The summed E-state index contributed by atoms with van der Waals surface area (Å²) in [4.78, 5) is 12.5. The molecule has 0 spiro atoms. The largest absolute Gasteiger partial charge is 0.350 e. The van der Waals surface area contributed by atoms with Crippen LogP contribution in [0.15, 0.2) is 0 Å². The molecule has 1 amide bonds. The molecule has 1 aromatic heterocycles. The van der Waals surface area contributed by atoms with Crippen LogP contribution in [0.25, 0.3) is 0 Å². The molecule has 0 aromatic carbocycles. The highest BCUT2D eigenvalue weighted by Crippen LogP contribution is 2.35. The van der Waals surface area contributed by atoms with Gasteiger partial charge in [-0.25, -0.2) is 0 Å². The van der Waals surface area contributed by atoms with E-state index in [9.17, 15) is 4.79 Å². The predicted octanol–water partition coefficient (Wildman–Crippen LogP) is 2.24. The Kier molecular flexibility index (Phi) is 4.34. The highest BCUT2D eigenvalue weighted by Gasteiger charge is 2.30. The van der Waals surface area contributed by atoms with Crippen molar-refractivity contribution < 1.29 is 4.79 Å². The monoisotopic (exact) mass is 273 g/mol. The smallest absolute Gasteiger partial charge is 0.265 e. The van der Waals surface area contributed by atoms with Gasteiger partial charge in [0, 0.05) is 6.54 Å². The summed E-state index contributed by atoms with van der Waals surface area (Å²) >= 11 is 7.30. The number of amides is 1. The Hall–Kier alpha value is -0.680. The van der Waals surface area contributed by atoms with Crippen molar-refractivity contribution in [1.82, 2.24) is 14.9 Å². The molecule has 1 atom stereocenters. The number of alkyl halides is 1. The lowest BCUT2D eigenvalue weighted by molar-refractivity contribution is 0.0956. The van der Waals surface area contributed by atoms with E-state index >= 15 is 0 Å². The number of aromatic nitrogens is 2. The fraction of sp³-hybridized carbons (Fsp3) is 0.727. The van der Waals surface area contributed by atoms with Crippen molar-refractivity contribution >= 4 is 29.0 Å². The van der Waals surface area contributed by atoms with Gasteiger partial charge in [0.05, 0.1) is 11.1 Å². The molecule has 94 valence electrons. The molecule has 6 heteroatoms. The van der Waals surface area contributed by atoms with Crippen molar-refractivity contribution in [3.8, 4) is 0 Å². The first-order valence-electron chi connectivity index (χ1n) is 5.95. The van der Waals surface area contributed by atoms with Gasteiger partial charge in [-0.2, -0.15) is 0 Å². The van der Waals surface area contributed by atoms with Gasteiger partial charge in [-0.05, 0) is 36.7 Å². The van der Waals surface area contributed by atoms with E-state index in [0.29, 0.717) is 17.3 Å². The Morgan fingerprint density at radius 3 is 3.06 bits per heavy atom. The highest BCUT2D eigenvalue weighted by molar-refractivity contribution is 7.08. The normalized spacial score (nSPS) is 16.8. The molecule has 1 fully saturated rings. The Labute approximate surface area is 110 Å². The molecule has 1 aliphatic carbocycles. The number of carbonyl (C=O) groups excluding carboxylic acids is 1. The topological polar surface area (TPSA) is 54.9 Å². The average Bonchev–Trinajstić information content (AvgIpc) is 3.07. The molecule has 0 bridgehead atoms. The molecule has 1 saturated carbocycles. The van der Waals surface area contributed by atoms with E-state index in [1.54, 1.807) is 0 Å². The van der Waals surface area contributed by atoms with E-state index in [0.717, 1.165) is 30.1 Å². The summed E-state index contributed by atoms with van der Waals surface area (Å²) in [5.74, 6) is 0.501. The number of nitrogens with one attached hydrogen (secondary N) is 1. The fourth-order valence-electron chi connectivity index (χ4n) is 1.68. The number of rotatable bonds is 6. The number of aryl methyl sites for hydroxylation is 1. The lowest BCUT2D eigenvalue weighted by atomic mass is 10.2. The third-order valence-corrected chi connectivity index (χ3v) is 4.12. The van der Waals surface area contributed by atoms with Crippen LogP contribution >= 0.6 is 23.1 Å². The van der Waals surface area contributed by atoms with E-state index in [4.69, 9.17) is 11.6 Å². The Bertz CT molecular complexity index is 392. The molecule has 1 aromatic rings. The molecule has 2 rings (SSSR count). The lowest BCUT2D eigenvalue weighted by Crippen LogP contribution is -2.30. The zero-order chi connectivity index (χ0) is 12.3. The second-order valence-electron chi connectivity index (χ2n) is 4.36. The van der Waals surface area contributed by atoms with Crippen LogP contribution in [0.5, 0.6) is 0 Å². The van der Waals surface area contributed by atoms with Gasteiger partial charge in [0.15, 0.2) is 0 Å². The summed E-state index contributed by atoms with van der Waals surface area (Å²) in [7, 11) is 0. The Morgan fingerprint density at radius 1 is 1.65 bits per heavy atom. The molecule has 1 N–H and O–H groups in total. The number of carbonyl (C=O) groups is 1. The summed E-state index contributed by atoms with van der Waals surface area (Å²) in [6, 6.07) is 0. The highest BCUT2D eigenvalue weighted by atomic mass is 35.5. The van der Waals surface area contributed by atoms with Crippen molar-refractivity contribution in [2.75, 3.05) is 6.54 Å². The summed E-state index contributed by atoms with van der Waals surface area (Å²) in [5, 5.41) is 6.91. The maximum atomic E-state index is 11.9. The van der Waals surface area contributed by atoms with Gasteiger partial charge in [0.25, 0.3) is 5.91 Å². The molecule has 0 radical (unpaired) electrons. The van der Waals surface area contributed by atoms with Gasteiger partial charge in [-0.1, -0.05) is 17.8 Å². The van der Waals surface area contributed by atoms with Crippen LogP contribution in [0.2, 0.25) is 0 Å². The zero-order valence-corrected chi connectivity index (χ0v) is 11.4. The lowest BCUT2D eigenvalue weighted by Gasteiger charge is -2.08. The maximum absolute atomic E-state index is 11.9. The van der Waals surface area contributed by atoms with Crippen LogP contribution in [0.4, 0.5) is 0 Å². The first kappa shape index (κ1) is 12.8. The van der Waals surface area contributed by atoms with Crippen LogP contribution in [0, 0.1) is 5.92 Å². The first-order valence-corrected chi connectivity index (χ1v) is 7.16. The van der Waals surface area contributed by atoms with Gasteiger partial charge >= 0.3 is 0 Å². The molecule has 1 unspecified atom stereocenters. The average molecular weight is 274 g/mol. The first-order chi connectivity index (χ1) is 8.22. The molecule has 0 saturated heterocycles. The number of hydrogen-bond donors (Lipinski definition) is 1. The van der Waals surface area contributed by atoms with Crippen molar-refractivity contribution in [1.29, 1.82) is 0 Å². The minimum atomic E-state index is -0.0882. The summed E-state index contributed by atoms with van der Waals surface area (Å²) < 4.78 is 3.83. The third kappa shape index (κ3) is 3.39. The minimum absolute atomic E-state index is 0.0643. The Balaban J connectivity index is 1.87. The number of halogens is 1. The number of nitrogens with zero attached hydrogens (tertiary/aromatic N) is 2. The van der Waals surface area contributed by atoms with Gasteiger partial charge in [-0.3, -0.25) is 4.79 Å². The van der Waals surface area contributed by atoms with Crippen molar-refractivity contribution in [3.05, 3.63) is 10.6 Å². The van der Waals surface area contributed by atoms with E-state index in [1.807, 2.05) is 0 Å². The van der Waals surface area contributed by atoms with Crippen LogP contribution in [-0.4, -0.2) is 27.4 Å². The second-order valence-corrected chi connectivity index (χ2v) is 5.68. The molecule has 17 heavy (non-hydrogen) atoms. The summed E-state index contributed by atoms with van der Waals surface area (Å²) in [6.07, 6.45) is 4.14. The summed E-state index contributed by atoms with van der Waals surface area (Å²) in [5.41, 5.74) is 0.799. The number of hydrogen-bond acceptors (Lipinski definition) is 4.